The third kappa shape index (κ3) is 4.11. The van der Waals surface area contributed by atoms with Crippen LogP contribution in [0.1, 0.15) is 18.2 Å². The Morgan fingerprint density at radius 1 is 1.69 bits per heavy atom. The van der Waals surface area contributed by atoms with Crippen molar-refractivity contribution in [3.05, 3.63) is 20.8 Å². The molecule has 0 amide bonds. The fraction of sp³-hybridized carbons (Fsp3) is 0.500. The Balaban J connectivity index is 2.61. The van der Waals surface area contributed by atoms with E-state index in [1.807, 2.05) is 11.4 Å². The van der Waals surface area contributed by atoms with Gasteiger partial charge in [0, 0.05) is 15.9 Å². The molecule has 1 aromatic heterocycles. The van der Waals surface area contributed by atoms with Crippen molar-refractivity contribution in [1.82, 2.24) is 4.90 Å². The molecule has 6 heteroatoms. The number of hydrogen-bond donors (Lipinski definition) is 2. The minimum absolute atomic E-state index is 0.251. The van der Waals surface area contributed by atoms with Gasteiger partial charge in [0.1, 0.15) is 0 Å². The summed E-state index contributed by atoms with van der Waals surface area (Å²) in [6, 6.07) is 2.04. The summed E-state index contributed by atoms with van der Waals surface area (Å²) in [5, 5.41) is 13.6. The number of amidine groups is 1. The second kappa shape index (κ2) is 6.88. The minimum atomic E-state index is 0.251. The van der Waals surface area contributed by atoms with E-state index in [4.69, 9.17) is 10.9 Å². The average molecular weight is 306 g/mol. The molecule has 0 aliphatic heterocycles. The number of oxime groups is 1. The van der Waals surface area contributed by atoms with E-state index in [-0.39, 0.29) is 5.84 Å². The Labute approximate surface area is 108 Å². The highest BCUT2D eigenvalue weighted by Gasteiger charge is 2.10. The lowest BCUT2D eigenvalue weighted by Crippen LogP contribution is -2.34. The van der Waals surface area contributed by atoms with Crippen molar-refractivity contribution in [2.75, 3.05) is 13.1 Å². The number of halogens is 1. The predicted octanol–water partition coefficient (Wildman–Crippen LogP) is 2.47. The van der Waals surface area contributed by atoms with Gasteiger partial charge in [0.05, 0.1) is 6.54 Å². The Morgan fingerprint density at radius 2 is 2.44 bits per heavy atom. The first-order valence-corrected chi connectivity index (χ1v) is 6.75. The van der Waals surface area contributed by atoms with Crippen molar-refractivity contribution in [3.8, 4) is 0 Å². The van der Waals surface area contributed by atoms with Gasteiger partial charge >= 0.3 is 0 Å². The van der Waals surface area contributed by atoms with Crippen molar-refractivity contribution in [2.24, 2.45) is 10.9 Å². The van der Waals surface area contributed by atoms with Gasteiger partial charge in [-0.3, -0.25) is 4.90 Å². The van der Waals surface area contributed by atoms with Crippen LogP contribution >= 0.6 is 27.3 Å². The lowest BCUT2D eigenvalue weighted by molar-refractivity contribution is 0.287. The third-order valence-corrected chi connectivity index (χ3v) is 4.02. The number of hydrogen-bond acceptors (Lipinski definition) is 4. The molecule has 90 valence electrons. The second-order valence-electron chi connectivity index (χ2n) is 3.49. The first kappa shape index (κ1) is 13.5. The fourth-order valence-electron chi connectivity index (χ4n) is 1.43. The molecule has 4 nitrogen and oxygen atoms in total. The highest BCUT2D eigenvalue weighted by Crippen LogP contribution is 2.24. The zero-order valence-electron chi connectivity index (χ0n) is 9.19. The quantitative estimate of drug-likeness (QED) is 0.367. The fourth-order valence-corrected chi connectivity index (χ4v) is 2.95. The van der Waals surface area contributed by atoms with E-state index in [2.05, 4.69) is 32.9 Å². The molecule has 0 radical (unpaired) electrons. The van der Waals surface area contributed by atoms with E-state index in [1.54, 1.807) is 11.3 Å². The van der Waals surface area contributed by atoms with E-state index in [0.717, 1.165) is 24.0 Å². The Morgan fingerprint density at radius 3 is 2.94 bits per heavy atom. The molecule has 0 saturated heterocycles. The van der Waals surface area contributed by atoms with E-state index in [9.17, 15) is 0 Å². The van der Waals surface area contributed by atoms with Gasteiger partial charge in [-0.05, 0) is 40.3 Å². The lowest BCUT2D eigenvalue weighted by Gasteiger charge is -2.20. The maximum Gasteiger partial charge on any atom is 0.153 e. The monoisotopic (exact) mass is 305 g/mol. The summed E-state index contributed by atoms with van der Waals surface area (Å²) in [6.45, 7) is 4.36. The normalized spacial score (nSPS) is 12.3. The largest absolute Gasteiger partial charge is 0.409 e. The molecule has 1 heterocycles. The van der Waals surface area contributed by atoms with Crippen molar-refractivity contribution in [2.45, 2.75) is 19.9 Å². The summed E-state index contributed by atoms with van der Waals surface area (Å²) in [6.07, 6.45) is 1.04. The number of thiophene rings is 1. The molecule has 3 N–H and O–H groups in total. The number of rotatable bonds is 6. The summed E-state index contributed by atoms with van der Waals surface area (Å²) in [5.41, 5.74) is 5.52. The van der Waals surface area contributed by atoms with Crippen LogP contribution in [0.25, 0.3) is 0 Å². The SMILES string of the molecule is CCCN(CC(N)=NO)Cc1sccc1Br. The number of nitrogens with two attached hydrogens (primary N) is 1. The van der Waals surface area contributed by atoms with Crippen LogP contribution < -0.4 is 5.73 Å². The van der Waals surface area contributed by atoms with Gasteiger partial charge in [-0.15, -0.1) is 11.3 Å². The van der Waals surface area contributed by atoms with Gasteiger partial charge in [-0.25, -0.2) is 0 Å². The molecule has 1 rings (SSSR count). The highest BCUT2D eigenvalue weighted by molar-refractivity contribution is 9.10. The molecule has 0 fully saturated rings. The van der Waals surface area contributed by atoms with Crippen LogP contribution in [0.4, 0.5) is 0 Å². The molecule has 0 aromatic carbocycles. The van der Waals surface area contributed by atoms with Crippen LogP contribution in [0, 0.1) is 0 Å². The van der Waals surface area contributed by atoms with Crippen molar-refractivity contribution in [3.63, 3.8) is 0 Å². The Kier molecular flexibility index (Phi) is 5.79. The summed E-state index contributed by atoms with van der Waals surface area (Å²) < 4.78 is 1.12. The van der Waals surface area contributed by atoms with E-state index in [1.165, 1.54) is 4.88 Å². The van der Waals surface area contributed by atoms with E-state index < -0.39 is 0 Å². The molecule has 0 spiro atoms. The Bertz CT molecular complexity index is 354. The van der Waals surface area contributed by atoms with Crippen LogP contribution in [0.5, 0.6) is 0 Å². The zero-order chi connectivity index (χ0) is 12.0. The highest BCUT2D eigenvalue weighted by atomic mass is 79.9. The molecule has 0 atom stereocenters. The van der Waals surface area contributed by atoms with Crippen LogP contribution in [0.3, 0.4) is 0 Å². The molecule has 1 aromatic rings. The molecule has 0 aliphatic carbocycles. The molecular weight excluding hydrogens is 290 g/mol. The summed E-state index contributed by atoms with van der Waals surface area (Å²) in [4.78, 5) is 3.42. The van der Waals surface area contributed by atoms with Crippen LogP contribution in [-0.4, -0.2) is 29.0 Å². The summed E-state index contributed by atoms with van der Waals surface area (Å²) >= 11 is 5.21. The first-order chi connectivity index (χ1) is 7.67. The Hall–Kier alpha value is -0.590. The average Bonchev–Trinajstić information content (AvgIpc) is 2.64. The first-order valence-electron chi connectivity index (χ1n) is 5.08. The maximum absolute atomic E-state index is 8.56. The molecule has 0 bridgehead atoms. The van der Waals surface area contributed by atoms with Crippen LogP contribution in [0.15, 0.2) is 21.1 Å². The van der Waals surface area contributed by atoms with Crippen molar-refractivity contribution < 1.29 is 5.21 Å². The van der Waals surface area contributed by atoms with Gasteiger partial charge in [0.2, 0.25) is 0 Å². The minimum Gasteiger partial charge on any atom is -0.409 e. The number of nitrogens with zero attached hydrogens (tertiary/aromatic N) is 2. The van der Waals surface area contributed by atoms with Crippen LogP contribution in [0.2, 0.25) is 0 Å². The second-order valence-corrected chi connectivity index (χ2v) is 5.35. The molecule has 0 unspecified atom stereocenters. The van der Waals surface area contributed by atoms with Gasteiger partial charge in [0.25, 0.3) is 0 Å². The van der Waals surface area contributed by atoms with Gasteiger partial charge in [-0.2, -0.15) is 0 Å². The van der Waals surface area contributed by atoms with E-state index in [0.29, 0.717) is 6.54 Å². The smallest absolute Gasteiger partial charge is 0.153 e. The predicted molar refractivity (Wildman–Crippen MR) is 71.0 cm³/mol. The summed E-state index contributed by atoms with van der Waals surface area (Å²) in [7, 11) is 0. The zero-order valence-corrected chi connectivity index (χ0v) is 11.6. The molecule has 0 saturated carbocycles. The molecule has 0 aliphatic rings. The lowest BCUT2D eigenvalue weighted by atomic mass is 10.3. The third-order valence-electron chi connectivity index (χ3n) is 2.11. The van der Waals surface area contributed by atoms with Gasteiger partial charge < -0.3 is 10.9 Å². The van der Waals surface area contributed by atoms with Crippen molar-refractivity contribution >= 4 is 33.1 Å². The molecule has 16 heavy (non-hydrogen) atoms. The maximum atomic E-state index is 8.56. The molecular formula is C10H16BrN3OS. The standard InChI is InChI=1S/C10H16BrN3OS/c1-2-4-14(7-10(12)13-15)6-9-8(11)3-5-16-9/h3,5,15H,2,4,6-7H2,1H3,(H2,12,13). The summed E-state index contributed by atoms with van der Waals surface area (Å²) in [5.74, 6) is 0.251. The van der Waals surface area contributed by atoms with Crippen LogP contribution in [-0.2, 0) is 6.54 Å². The topological polar surface area (TPSA) is 61.8 Å². The van der Waals surface area contributed by atoms with Crippen molar-refractivity contribution in [1.29, 1.82) is 0 Å². The van der Waals surface area contributed by atoms with Gasteiger partial charge in [0.15, 0.2) is 5.84 Å². The van der Waals surface area contributed by atoms with E-state index >= 15 is 0 Å². The van der Waals surface area contributed by atoms with Gasteiger partial charge in [-0.1, -0.05) is 12.1 Å².